The number of carbonyl (C=O) groups excluding carboxylic acids is 1. The van der Waals surface area contributed by atoms with Crippen molar-refractivity contribution in [1.82, 2.24) is 19.9 Å². The Morgan fingerprint density at radius 2 is 2.00 bits per heavy atom. The van der Waals surface area contributed by atoms with Crippen LogP contribution in [0.1, 0.15) is 42.1 Å². The van der Waals surface area contributed by atoms with Crippen molar-refractivity contribution < 1.29 is 11.0 Å². The Hall–Kier alpha value is -3.62. The van der Waals surface area contributed by atoms with E-state index in [1.807, 2.05) is 38.2 Å². The molecular formula is C26H33N5O3. The van der Waals surface area contributed by atoms with Crippen molar-refractivity contribution in [3.8, 4) is 11.3 Å². The van der Waals surface area contributed by atoms with E-state index in [2.05, 4.69) is 15.3 Å². The maximum Gasteiger partial charge on any atom is 0.250 e. The Kier molecular flexibility index (Phi) is 8.45. The second kappa shape index (κ2) is 11.5. The van der Waals surface area contributed by atoms with Crippen LogP contribution in [-0.4, -0.2) is 40.6 Å². The maximum atomic E-state index is 13.0. The van der Waals surface area contributed by atoms with Gasteiger partial charge in [0.25, 0.3) is 5.56 Å². The van der Waals surface area contributed by atoms with Crippen molar-refractivity contribution >= 4 is 11.5 Å². The van der Waals surface area contributed by atoms with E-state index in [9.17, 15) is 9.59 Å². The first-order chi connectivity index (χ1) is 16.4. The zero-order valence-corrected chi connectivity index (χ0v) is 20.0. The summed E-state index contributed by atoms with van der Waals surface area (Å²) in [6.07, 6.45) is 5.39. The van der Waals surface area contributed by atoms with Crippen molar-refractivity contribution in [2.45, 2.75) is 39.5 Å². The molecule has 34 heavy (non-hydrogen) atoms. The molecule has 3 rings (SSSR count). The molecule has 0 fully saturated rings. The molecular weight excluding hydrogens is 430 g/mol. The average molecular weight is 464 g/mol. The van der Waals surface area contributed by atoms with Crippen LogP contribution < -0.4 is 16.6 Å². The molecule has 8 heteroatoms. The lowest BCUT2D eigenvalue weighted by molar-refractivity contribution is 0.0838. The summed E-state index contributed by atoms with van der Waals surface area (Å²) in [4.78, 5) is 34.2. The number of ketones is 1. The summed E-state index contributed by atoms with van der Waals surface area (Å²) in [6, 6.07) is 10.9. The van der Waals surface area contributed by atoms with E-state index in [0.717, 1.165) is 24.1 Å². The SMILES string of the molecule is CCC(Cn1cc(-c2cnc(C)c(C(=O)C=C(N)c3ccc(CNC)cc3)n2)ccc1=O)OC.[HH]. The first-order valence-electron chi connectivity index (χ1n) is 11.2. The predicted molar refractivity (Wildman–Crippen MR) is 135 cm³/mol. The monoisotopic (exact) mass is 463 g/mol. The second-order valence-electron chi connectivity index (χ2n) is 8.05. The third kappa shape index (κ3) is 6.03. The molecule has 0 amide bonds. The number of aryl methyl sites for hydroxylation is 1. The van der Waals surface area contributed by atoms with Crippen molar-refractivity contribution in [1.29, 1.82) is 0 Å². The lowest BCUT2D eigenvalue weighted by Crippen LogP contribution is -2.26. The quantitative estimate of drug-likeness (QED) is 0.351. The summed E-state index contributed by atoms with van der Waals surface area (Å²) in [6.45, 7) is 4.91. The number of aromatic nitrogens is 3. The molecule has 0 saturated heterocycles. The van der Waals surface area contributed by atoms with Crippen LogP contribution in [0.25, 0.3) is 17.0 Å². The minimum absolute atomic E-state index is 0. The molecule has 3 N–H and O–H groups in total. The number of nitrogens with zero attached hydrogens (tertiary/aromatic N) is 3. The van der Waals surface area contributed by atoms with Crippen LogP contribution in [0.15, 0.2) is 59.7 Å². The zero-order chi connectivity index (χ0) is 24.7. The van der Waals surface area contributed by atoms with Gasteiger partial charge in [-0.3, -0.25) is 14.6 Å². The van der Waals surface area contributed by atoms with Gasteiger partial charge in [0, 0.05) is 44.7 Å². The predicted octanol–water partition coefficient (Wildman–Crippen LogP) is 3.19. The number of pyridine rings is 1. The Bertz CT molecular complexity index is 1230. The number of nitrogens with two attached hydrogens (primary N) is 1. The van der Waals surface area contributed by atoms with E-state index < -0.39 is 0 Å². The van der Waals surface area contributed by atoms with Gasteiger partial charge in [-0.2, -0.15) is 0 Å². The maximum absolute atomic E-state index is 13.0. The highest BCUT2D eigenvalue weighted by Crippen LogP contribution is 2.18. The van der Waals surface area contributed by atoms with Crippen LogP contribution in [0, 0.1) is 6.92 Å². The third-order valence-corrected chi connectivity index (χ3v) is 5.61. The molecule has 2 aromatic heterocycles. The smallest absolute Gasteiger partial charge is 0.250 e. The number of methoxy groups -OCH3 is 1. The number of benzene rings is 1. The fourth-order valence-electron chi connectivity index (χ4n) is 3.55. The normalized spacial score (nSPS) is 12.5. The number of hydrogen-bond donors (Lipinski definition) is 2. The molecule has 0 aliphatic heterocycles. The molecule has 0 saturated carbocycles. The Labute approximate surface area is 201 Å². The molecule has 0 bridgehead atoms. The Morgan fingerprint density at radius 1 is 1.26 bits per heavy atom. The van der Waals surface area contributed by atoms with Gasteiger partial charge >= 0.3 is 0 Å². The van der Waals surface area contributed by atoms with Gasteiger partial charge in [-0.1, -0.05) is 31.2 Å². The molecule has 3 aromatic rings. The van der Waals surface area contributed by atoms with Gasteiger partial charge in [0.05, 0.1) is 30.2 Å². The van der Waals surface area contributed by atoms with Crippen LogP contribution >= 0.6 is 0 Å². The third-order valence-electron chi connectivity index (χ3n) is 5.61. The fourth-order valence-corrected chi connectivity index (χ4v) is 3.55. The number of nitrogens with one attached hydrogen (secondary N) is 1. The number of ether oxygens (including phenoxy) is 1. The number of rotatable bonds is 10. The van der Waals surface area contributed by atoms with Crippen LogP contribution in [-0.2, 0) is 17.8 Å². The van der Waals surface area contributed by atoms with Crippen LogP contribution in [0.4, 0.5) is 0 Å². The van der Waals surface area contributed by atoms with E-state index in [1.54, 1.807) is 37.1 Å². The highest BCUT2D eigenvalue weighted by molar-refractivity contribution is 6.07. The second-order valence-corrected chi connectivity index (χ2v) is 8.05. The van der Waals surface area contributed by atoms with Gasteiger partial charge in [-0.05, 0) is 37.6 Å². The number of allylic oxidation sites excluding steroid dienone is 1. The molecule has 0 aliphatic rings. The van der Waals surface area contributed by atoms with Crippen molar-refractivity contribution in [3.63, 3.8) is 0 Å². The highest BCUT2D eigenvalue weighted by Gasteiger charge is 2.15. The van der Waals surface area contributed by atoms with Gasteiger partial charge in [0.1, 0.15) is 5.69 Å². The van der Waals surface area contributed by atoms with Gasteiger partial charge < -0.3 is 20.4 Å². The van der Waals surface area contributed by atoms with Gasteiger partial charge in [0.15, 0.2) is 0 Å². The summed E-state index contributed by atoms with van der Waals surface area (Å²) >= 11 is 0. The van der Waals surface area contributed by atoms with Crippen LogP contribution in [0.5, 0.6) is 0 Å². The molecule has 0 aliphatic carbocycles. The summed E-state index contributed by atoms with van der Waals surface area (Å²) in [7, 11) is 3.51. The first kappa shape index (κ1) is 25.0. The fraction of sp³-hybridized carbons (Fsp3) is 0.308. The van der Waals surface area contributed by atoms with E-state index in [4.69, 9.17) is 10.5 Å². The van der Waals surface area contributed by atoms with E-state index in [1.165, 1.54) is 12.1 Å². The van der Waals surface area contributed by atoms with Crippen LogP contribution in [0.3, 0.4) is 0 Å². The number of hydrogen-bond acceptors (Lipinski definition) is 7. The summed E-state index contributed by atoms with van der Waals surface area (Å²) in [5.41, 5.74) is 10.2. The molecule has 180 valence electrons. The molecule has 2 heterocycles. The van der Waals surface area contributed by atoms with Crippen molar-refractivity contribution in [2.24, 2.45) is 5.73 Å². The standard InChI is InChI=1S/C26H31N5O3.H2/c1-5-21(34-4)16-31-15-20(10-11-25(31)33)23-14-29-17(2)26(30-23)24(32)12-22(27)19-8-6-18(7-9-19)13-28-3;/h6-12,14-15,21,28H,5,13,16,27H2,1-4H3;1H. The minimum atomic E-state index is -0.331. The summed E-state index contributed by atoms with van der Waals surface area (Å²) < 4.78 is 7.00. The van der Waals surface area contributed by atoms with E-state index >= 15 is 0 Å². The Balaban J connectivity index is 0.00000432. The van der Waals surface area contributed by atoms with Crippen molar-refractivity contribution in [3.05, 3.63) is 87.7 Å². The highest BCUT2D eigenvalue weighted by atomic mass is 16.5. The summed E-state index contributed by atoms with van der Waals surface area (Å²) in [5, 5.41) is 3.09. The minimum Gasteiger partial charge on any atom is -0.398 e. The molecule has 8 nitrogen and oxygen atoms in total. The number of carbonyl (C=O) groups is 1. The molecule has 1 aromatic carbocycles. The molecule has 1 atom stereocenters. The zero-order valence-electron chi connectivity index (χ0n) is 20.0. The van der Waals surface area contributed by atoms with E-state index in [0.29, 0.717) is 29.2 Å². The van der Waals surface area contributed by atoms with Crippen LogP contribution in [0.2, 0.25) is 0 Å². The Morgan fingerprint density at radius 3 is 2.65 bits per heavy atom. The molecule has 0 radical (unpaired) electrons. The van der Waals surface area contributed by atoms with Gasteiger partial charge in [-0.15, -0.1) is 0 Å². The lowest BCUT2D eigenvalue weighted by Gasteiger charge is -2.15. The summed E-state index contributed by atoms with van der Waals surface area (Å²) in [5.74, 6) is -0.331. The van der Waals surface area contributed by atoms with Gasteiger partial charge in [-0.25, -0.2) is 4.98 Å². The molecule has 1 unspecified atom stereocenters. The lowest BCUT2D eigenvalue weighted by atomic mass is 10.1. The first-order valence-corrected chi connectivity index (χ1v) is 11.2. The van der Waals surface area contributed by atoms with E-state index in [-0.39, 0.29) is 24.6 Å². The average Bonchev–Trinajstić information content (AvgIpc) is 2.84. The van der Waals surface area contributed by atoms with Gasteiger partial charge in [0.2, 0.25) is 5.78 Å². The van der Waals surface area contributed by atoms with Crippen molar-refractivity contribution in [2.75, 3.05) is 14.2 Å². The molecule has 0 spiro atoms. The topological polar surface area (TPSA) is 112 Å². The largest absolute Gasteiger partial charge is 0.398 e.